The van der Waals surface area contributed by atoms with E-state index < -0.39 is 0 Å². The summed E-state index contributed by atoms with van der Waals surface area (Å²) < 4.78 is 15.1. The summed E-state index contributed by atoms with van der Waals surface area (Å²) in [5.74, 6) is 0.368. The molecule has 0 radical (unpaired) electrons. The highest BCUT2D eigenvalue weighted by Gasteiger charge is 2.09. The van der Waals surface area contributed by atoms with E-state index in [0.717, 1.165) is 0 Å². The van der Waals surface area contributed by atoms with Crippen molar-refractivity contribution >= 4 is 5.69 Å². The van der Waals surface area contributed by atoms with Gasteiger partial charge in [-0.2, -0.15) is 0 Å². The number of hydrogen-bond acceptors (Lipinski definition) is 2. The molecule has 2 rings (SSSR count). The molecule has 0 aliphatic rings. The zero-order valence-electron chi connectivity index (χ0n) is 7.74. The third kappa shape index (κ3) is 1.25. The van der Waals surface area contributed by atoms with Crippen LogP contribution in [0.5, 0.6) is 0 Å². The fourth-order valence-electron chi connectivity index (χ4n) is 1.40. The average Bonchev–Trinajstić information content (AvgIpc) is 2.52. The lowest BCUT2D eigenvalue weighted by atomic mass is 10.2. The smallest absolute Gasteiger partial charge is 0.149 e. The molecule has 0 spiro atoms. The van der Waals surface area contributed by atoms with Crippen LogP contribution in [0.25, 0.3) is 5.69 Å². The molecule has 1 heterocycles. The number of benzene rings is 1. The first-order valence-electron chi connectivity index (χ1n) is 4.24. The Hall–Kier alpha value is -1.84. The number of aromatic nitrogens is 2. The van der Waals surface area contributed by atoms with Crippen LogP contribution in [0.4, 0.5) is 10.1 Å². The number of aryl methyl sites for hydroxylation is 1. The van der Waals surface area contributed by atoms with E-state index in [1.165, 1.54) is 6.07 Å². The minimum Gasteiger partial charge on any atom is -0.397 e. The lowest BCUT2D eigenvalue weighted by Gasteiger charge is -2.08. The standard InChI is InChI=1S/C10H10FN3/c1-7-13-5-6-14(7)10-8(11)3-2-4-9(10)12/h2-6H,12H2,1H3. The molecule has 0 fully saturated rings. The number of nitrogens with zero attached hydrogens (tertiary/aromatic N) is 2. The summed E-state index contributed by atoms with van der Waals surface area (Å²) in [5, 5.41) is 0. The lowest BCUT2D eigenvalue weighted by Crippen LogP contribution is -2.03. The molecule has 0 saturated carbocycles. The van der Waals surface area contributed by atoms with Gasteiger partial charge in [0, 0.05) is 12.4 Å². The molecule has 1 aromatic carbocycles. The van der Waals surface area contributed by atoms with Crippen molar-refractivity contribution in [3.63, 3.8) is 0 Å². The van der Waals surface area contributed by atoms with Gasteiger partial charge in [-0.1, -0.05) is 6.07 Å². The van der Waals surface area contributed by atoms with Gasteiger partial charge in [-0.3, -0.25) is 4.57 Å². The number of imidazole rings is 1. The SMILES string of the molecule is Cc1nccn1-c1c(N)cccc1F. The Kier molecular flexibility index (Phi) is 1.96. The van der Waals surface area contributed by atoms with Crippen LogP contribution in [0.3, 0.4) is 0 Å². The maximum Gasteiger partial charge on any atom is 0.149 e. The van der Waals surface area contributed by atoms with Crippen molar-refractivity contribution in [3.05, 3.63) is 42.2 Å². The van der Waals surface area contributed by atoms with Crippen LogP contribution in [-0.4, -0.2) is 9.55 Å². The van der Waals surface area contributed by atoms with Gasteiger partial charge in [0.15, 0.2) is 0 Å². The molecule has 0 saturated heterocycles. The van der Waals surface area contributed by atoms with Crippen molar-refractivity contribution in [2.24, 2.45) is 0 Å². The van der Waals surface area contributed by atoms with Crippen LogP contribution in [-0.2, 0) is 0 Å². The first-order valence-corrected chi connectivity index (χ1v) is 4.24. The van der Waals surface area contributed by atoms with Crippen molar-refractivity contribution in [1.82, 2.24) is 9.55 Å². The molecule has 0 unspecified atom stereocenters. The summed E-state index contributed by atoms with van der Waals surface area (Å²) in [5.41, 5.74) is 6.46. The number of para-hydroxylation sites is 1. The predicted octanol–water partition coefficient (Wildman–Crippen LogP) is 1.90. The molecule has 14 heavy (non-hydrogen) atoms. The summed E-state index contributed by atoms with van der Waals surface area (Å²) in [6, 6.07) is 4.63. The number of halogens is 1. The average molecular weight is 191 g/mol. The molecule has 0 bridgehead atoms. The van der Waals surface area contributed by atoms with Gasteiger partial charge in [0.05, 0.1) is 5.69 Å². The van der Waals surface area contributed by atoms with E-state index in [-0.39, 0.29) is 5.82 Å². The second kappa shape index (κ2) is 3.14. The Balaban J connectivity index is 2.68. The van der Waals surface area contributed by atoms with Gasteiger partial charge < -0.3 is 5.73 Å². The number of nitrogen functional groups attached to an aromatic ring is 1. The number of rotatable bonds is 1. The summed E-state index contributed by atoms with van der Waals surface area (Å²) in [7, 11) is 0. The van der Waals surface area contributed by atoms with Crippen LogP contribution >= 0.6 is 0 Å². The largest absolute Gasteiger partial charge is 0.397 e. The van der Waals surface area contributed by atoms with Gasteiger partial charge in [0.2, 0.25) is 0 Å². The summed E-state index contributed by atoms with van der Waals surface area (Å²) in [4.78, 5) is 4.02. The molecule has 0 aliphatic carbocycles. The lowest BCUT2D eigenvalue weighted by molar-refractivity contribution is 0.617. The minimum absolute atomic E-state index is 0.342. The molecular weight excluding hydrogens is 181 g/mol. The Morgan fingerprint density at radius 3 is 2.79 bits per heavy atom. The van der Waals surface area contributed by atoms with Crippen molar-refractivity contribution < 1.29 is 4.39 Å². The summed E-state index contributed by atoms with van der Waals surface area (Å²) in [6.07, 6.45) is 3.30. The summed E-state index contributed by atoms with van der Waals surface area (Å²) in [6.45, 7) is 1.80. The Bertz CT molecular complexity index is 442. The van der Waals surface area contributed by atoms with E-state index in [1.54, 1.807) is 36.0 Å². The topological polar surface area (TPSA) is 43.8 Å². The van der Waals surface area contributed by atoms with E-state index in [1.807, 2.05) is 0 Å². The van der Waals surface area contributed by atoms with Crippen LogP contribution in [0.2, 0.25) is 0 Å². The maximum absolute atomic E-state index is 13.5. The first kappa shape index (κ1) is 8.74. The Morgan fingerprint density at radius 1 is 1.43 bits per heavy atom. The Labute approximate surface area is 81.0 Å². The number of hydrogen-bond donors (Lipinski definition) is 1. The van der Waals surface area contributed by atoms with Crippen LogP contribution in [0.15, 0.2) is 30.6 Å². The molecule has 72 valence electrons. The molecule has 4 heteroatoms. The van der Waals surface area contributed by atoms with Crippen molar-refractivity contribution in [1.29, 1.82) is 0 Å². The van der Waals surface area contributed by atoms with Crippen LogP contribution < -0.4 is 5.73 Å². The van der Waals surface area contributed by atoms with Gasteiger partial charge in [-0.25, -0.2) is 9.37 Å². The van der Waals surface area contributed by atoms with E-state index in [9.17, 15) is 4.39 Å². The predicted molar refractivity (Wildman–Crippen MR) is 52.7 cm³/mol. The number of nitrogens with two attached hydrogens (primary N) is 1. The highest BCUT2D eigenvalue weighted by Crippen LogP contribution is 2.21. The van der Waals surface area contributed by atoms with Crippen molar-refractivity contribution in [2.45, 2.75) is 6.92 Å². The molecule has 1 aromatic heterocycles. The highest BCUT2D eigenvalue weighted by molar-refractivity contribution is 5.58. The third-order valence-electron chi connectivity index (χ3n) is 2.08. The first-order chi connectivity index (χ1) is 6.70. The quantitative estimate of drug-likeness (QED) is 0.699. The third-order valence-corrected chi connectivity index (χ3v) is 2.08. The molecule has 0 aliphatic heterocycles. The van der Waals surface area contributed by atoms with E-state index in [2.05, 4.69) is 4.98 Å². The number of anilines is 1. The van der Waals surface area contributed by atoms with Crippen LogP contribution in [0.1, 0.15) is 5.82 Å². The van der Waals surface area contributed by atoms with E-state index in [0.29, 0.717) is 17.2 Å². The maximum atomic E-state index is 13.5. The highest BCUT2D eigenvalue weighted by atomic mass is 19.1. The minimum atomic E-state index is -0.342. The Morgan fingerprint density at radius 2 is 2.21 bits per heavy atom. The van der Waals surface area contributed by atoms with Gasteiger partial charge in [-0.15, -0.1) is 0 Å². The van der Waals surface area contributed by atoms with Gasteiger partial charge in [0.1, 0.15) is 17.3 Å². The zero-order chi connectivity index (χ0) is 10.1. The van der Waals surface area contributed by atoms with Crippen molar-refractivity contribution in [3.8, 4) is 5.69 Å². The van der Waals surface area contributed by atoms with Gasteiger partial charge in [-0.05, 0) is 19.1 Å². The second-order valence-corrected chi connectivity index (χ2v) is 3.02. The molecule has 2 N–H and O–H groups in total. The van der Waals surface area contributed by atoms with Crippen molar-refractivity contribution in [2.75, 3.05) is 5.73 Å². The molecule has 2 aromatic rings. The van der Waals surface area contributed by atoms with Gasteiger partial charge >= 0.3 is 0 Å². The molecule has 0 amide bonds. The van der Waals surface area contributed by atoms with E-state index >= 15 is 0 Å². The normalized spacial score (nSPS) is 10.4. The molecule has 3 nitrogen and oxygen atoms in total. The van der Waals surface area contributed by atoms with Gasteiger partial charge in [0.25, 0.3) is 0 Å². The fourth-order valence-corrected chi connectivity index (χ4v) is 1.40. The zero-order valence-corrected chi connectivity index (χ0v) is 7.74. The molecule has 0 atom stereocenters. The molecular formula is C10H10FN3. The monoisotopic (exact) mass is 191 g/mol. The summed E-state index contributed by atoms with van der Waals surface area (Å²) >= 11 is 0. The van der Waals surface area contributed by atoms with E-state index in [4.69, 9.17) is 5.73 Å². The van der Waals surface area contributed by atoms with Crippen LogP contribution in [0, 0.1) is 12.7 Å². The fraction of sp³-hybridized carbons (Fsp3) is 0.100. The second-order valence-electron chi connectivity index (χ2n) is 3.02.